The summed E-state index contributed by atoms with van der Waals surface area (Å²) >= 11 is 0. The van der Waals surface area contributed by atoms with Gasteiger partial charge < -0.3 is 54.7 Å². The molecule has 0 spiro atoms. The molecular formula is C27H41F9O12. The zero-order chi connectivity index (χ0) is 36.7. The van der Waals surface area contributed by atoms with Gasteiger partial charge in [0, 0.05) is 12.8 Å². The number of carbonyl (C=O) groups is 1. The normalized spacial score (nSPS) is 32.1. The van der Waals surface area contributed by atoms with E-state index in [0.29, 0.717) is 32.1 Å². The standard InChI is InChI=1S/C27H41F9O12/c28-24(29,25(30,31)26(32,33)27(34,35)36)10-8-6-4-2-1-3-5-7-9-16(39)45-12-15-17(40)19(42)20(43)22(46-15)48-23(13-38)21(44)18(41)14(11-37)47-23/h14-15,17-22,37-38,40-44H,1-13H2/t14-,15-,17-,18-,19+,20-,21+,22-,23+/m1/s1. The first kappa shape index (κ1) is 42.6. The number of hydrogen-bond acceptors (Lipinski definition) is 12. The van der Waals surface area contributed by atoms with Gasteiger partial charge in [0.25, 0.3) is 0 Å². The third kappa shape index (κ3) is 9.60. The molecule has 12 nitrogen and oxygen atoms in total. The van der Waals surface area contributed by atoms with Crippen molar-refractivity contribution in [2.45, 2.75) is 143 Å². The van der Waals surface area contributed by atoms with Crippen molar-refractivity contribution in [1.82, 2.24) is 0 Å². The van der Waals surface area contributed by atoms with E-state index in [1.807, 2.05) is 0 Å². The predicted octanol–water partition coefficient (Wildman–Crippen LogP) is 1.52. The van der Waals surface area contributed by atoms with E-state index >= 15 is 0 Å². The predicted molar refractivity (Wildman–Crippen MR) is 140 cm³/mol. The summed E-state index contributed by atoms with van der Waals surface area (Å²) in [5, 5.41) is 70.1. The van der Waals surface area contributed by atoms with Gasteiger partial charge in [0.1, 0.15) is 55.9 Å². The first-order valence-corrected chi connectivity index (χ1v) is 15.1. The Morgan fingerprint density at radius 2 is 1.23 bits per heavy atom. The van der Waals surface area contributed by atoms with Crippen molar-refractivity contribution in [2.24, 2.45) is 0 Å². The molecule has 0 aromatic heterocycles. The largest absolute Gasteiger partial charge is 0.463 e. The third-order valence-electron chi connectivity index (χ3n) is 8.13. The quantitative estimate of drug-likeness (QED) is 0.0577. The fourth-order valence-electron chi connectivity index (χ4n) is 5.11. The number of rotatable bonds is 19. The molecule has 2 aliphatic heterocycles. The molecule has 2 aliphatic rings. The average molecular weight is 729 g/mol. The monoisotopic (exact) mass is 728 g/mol. The van der Waals surface area contributed by atoms with Crippen LogP contribution in [0.25, 0.3) is 0 Å². The fourth-order valence-corrected chi connectivity index (χ4v) is 5.11. The smallest absolute Gasteiger partial charge is 0.460 e. The Bertz CT molecular complexity index is 1010. The SMILES string of the molecule is O=C(CCCCCCCCCCC(F)(F)C(F)(F)C(F)(F)C(F)(F)F)OC[C@H]1O[C@H](O[C@]2(CO)O[C@H](CO)[C@@H](O)[C@@H]2O)[C@H](O)[C@@H](O)[C@@H]1O. The molecule has 0 aromatic carbocycles. The number of aliphatic hydroxyl groups excluding tert-OH is 7. The molecule has 7 N–H and O–H groups in total. The van der Waals surface area contributed by atoms with Crippen LogP contribution >= 0.6 is 0 Å². The highest BCUT2D eigenvalue weighted by molar-refractivity contribution is 5.69. The van der Waals surface area contributed by atoms with Crippen molar-refractivity contribution in [3.63, 3.8) is 0 Å². The van der Waals surface area contributed by atoms with Gasteiger partial charge in [-0.1, -0.05) is 38.5 Å². The minimum atomic E-state index is -6.90. The molecule has 2 fully saturated rings. The van der Waals surface area contributed by atoms with Gasteiger partial charge in [0.15, 0.2) is 6.29 Å². The number of ether oxygens (including phenoxy) is 4. The van der Waals surface area contributed by atoms with E-state index in [2.05, 4.69) is 0 Å². The lowest BCUT2D eigenvalue weighted by Gasteiger charge is -2.43. The maximum Gasteiger partial charge on any atom is 0.460 e. The van der Waals surface area contributed by atoms with Gasteiger partial charge >= 0.3 is 29.9 Å². The number of alkyl halides is 9. The highest BCUT2D eigenvalue weighted by Gasteiger charge is 2.81. The Hall–Kier alpha value is -1.56. The molecule has 48 heavy (non-hydrogen) atoms. The van der Waals surface area contributed by atoms with Crippen LogP contribution in [0.15, 0.2) is 0 Å². The van der Waals surface area contributed by atoms with Gasteiger partial charge in [0.05, 0.1) is 6.61 Å². The minimum absolute atomic E-state index is 0.117. The Morgan fingerprint density at radius 3 is 1.73 bits per heavy atom. The Kier molecular flexibility index (Phi) is 15.2. The molecule has 21 heteroatoms. The van der Waals surface area contributed by atoms with Gasteiger partial charge in [-0.2, -0.15) is 39.5 Å². The van der Waals surface area contributed by atoms with Crippen molar-refractivity contribution >= 4 is 5.97 Å². The molecule has 284 valence electrons. The Morgan fingerprint density at radius 1 is 0.688 bits per heavy atom. The molecule has 0 amide bonds. The molecule has 0 aromatic rings. The van der Waals surface area contributed by atoms with Gasteiger partial charge in [-0.15, -0.1) is 0 Å². The lowest BCUT2D eigenvalue weighted by molar-refractivity contribution is -0.396. The van der Waals surface area contributed by atoms with Gasteiger partial charge in [-0.05, 0) is 12.8 Å². The van der Waals surface area contributed by atoms with E-state index in [4.69, 9.17) is 18.9 Å². The van der Waals surface area contributed by atoms with Crippen LogP contribution in [0.2, 0.25) is 0 Å². The van der Waals surface area contributed by atoms with Crippen LogP contribution in [0.4, 0.5) is 39.5 Å². The lowest BCUT2D eigenvalue weighted by Crippen LogP contribution is -2.62. The first-order chi connectivity index (χ1) is 22.1. The van der Waals surface area contributed by atoms with Crippen molar-refractivity contribution in [2.75, 3.05) is 19.8 Å². The maximum atomic E-state index is 13.5. The van der Waals surface area contributed by atoms with Crippen LogP contribution in [0.5, 0.6) is 0 Å². The topological polar surface area (TPSA) is 196 Å². The van der Waals surface area contributed by atoms with Crippen molar-refractivity contribution in [3.8, 4) is 0 Å². The highest BCUT2D eigenvalue weighted by atomic mass is 19.4. The molecule has 9 atom stereocenters. The minimum Gasteiger partial charge on any atom is -0.463 e. The van der Waals surface area contributed by atoms with E-state index in [-0.39, 0.29) is 19.3 Å². The van der Waals surface area contributed by atoms with Crippen molar-refractivity contribution in [1.29, 1.82) is 0 Å². The fraction of sp³-hybridized carbons (Fsp3) is 0.963. The van der Waals surface area contributed by atoms with Gasteiger partial charge in [0.2, 0.25) is 5.79 Å². The molecule has 0 bridgehead atoms. The molecule has 0 radical (unpaired) electrons. The molecule has 2 rings (SSSR count). The van der Waals surface area contributed by atoms with Crippen LogP contribution in [0.3, 0.4) is 0 Å². The zero-order valence-electron chi connectivity index (χ0n) is 25.4. The van der Waals surface area contributed by atoms with Crippen LogP contribution in [-0.2, 0) is 23.7 Å². The number of carbonyl (C=O) groups excluding carboxylic acids is 1. The van der Waals surface area contributed by atoms with Crippen LogP contribution in [0, 0.1) is 0 Å². The summed E-state index contributed by atoms with van der Waals surface area (Å²) in [5.41, 5.74) is 0. The second kappa shape index (κ2) is 17.1. The van der Waals surface area contributed by atoms with E-state index in [1.165, 1.54) is 0 Å². The second-order valence-corrected chi connectivity index (χ2v) is 11.7. The Balaban J connectivity index is 1.68. The van der Waals surface area contributed by atoms with Crippen LogP contribution < -0.4 is 0 Å². The summed E-state index contributed by atoms with van der Waals surface area (Å²) < 4.78 is 137. The van der Waals surface area contributed by atoms with Crippen LogP contribution in [-0.4, -0.2) is 140 Å². The number of aliphatic hydroxyl groups is 7. The molecule has 2 saturated heterocycles. The summed E-state index contributed by atoms with van der Waals surface area (Å²) in [6.07, 6.45) is -21.3. The number of hydrogen-bond donors (Lipinski definition) is 7. The van der Waals surface area contributed by atoms with Crippen LogP contribution in [0.1, 0.15) is 64.2 Å². The zero-order valence-corrected chi connectivity index (χ0v) is 25.4. The van der Waals surface area contributed by atoms with Crippen molar-refractivity contribution in [3.05, 3.63) is 0 Å². The summed E-state index contributed by atoms with van der Waals surface area (Å²) in [7, 11) is 0. The number of unbranched alkanes of at least 4 members (excludes halogenated alkanes) is 7. The van der Waals surface area contributed by atoms with E-state index in [0.717, 1.165) is 0 Å². The van der Waals surface area contributed by atoms with E-state index < -0.39 is 117 Å². The third-order valence-corrected chi connectivity index (χ3v) is 8.13. The molecule has 0 unspecified atom stereocenters. The molecule has 0 saturated carbocycles. The second-order valence-electron chi connectivity index (χ2n) is 11.7. The van der Waals surface area contributed by atoms with Gasteiger partial charge in [-0.25, -0.2) is 0 Å². The average Bonchev–Trinajstić information content (AvgIpc) is 3.25. The van der Waals surface area contributed by atoms with Gasteiger partial charge in [-0.3, -0.25) is 4.79 Å². The number of esters is 1. The lowest BCUT2D eigenvalue weighted by atomic mass is 9.97. The summed E-state index contributed by atoms with van der Waals surface area (Å²) in [4.78, 5) is 12.2. The summed E-state index contributed by atoms with van der Waals surface area (Å²) in [6.45, 7) is -2.51. The van der Waals surface area contributed by atoms with E-state index in [9.17, 15) is 80.1 Å². The Labute approximate surface area is 268 Å². The maximum absolute atomic E-state index is 13.5. The summed E-state index contributed by atoms with van der Waals surface area (Å²) in [5.74, 6) is -22.2. The molecule has 2 heterocycles. The first-order valence-electron chi connectivity index (χ1n) is 15.1. The number of halogens is 9. The molecular weight excluding hydrogens is 687 g/mol. The summed E-state index contributed by atoms with van der Waals surface area (Å²) in [6, 6.07) is 0. The highest BCUT2D eigenvalue weighted by Crippen LogP contribution is 2.54. The molecule has 0 aliphatic carbocycles. The van der Waals surface area contributed by atoms with Crippen molar-refractivity contribution < 1.29 is 99.0 Å². The van der Waals surface area contributed by atoms with E-state index in [1.54, 1.807) is 0 Å².